The van der Waals surface area contributed by atoms with Gasteiger partial charge in [-0.25, -0.2) is 0 Å². The van der Waals surface area contributed by atoms with Crippen LogP contribution in [0.2, 0.25) is 0 Å². The summed E-state index contributed by atoms with van der Waals surface area (Å²) in [5, 5.41) is 3.16. The van der Waals surface area contributed by atoms with Crippen LogP contribution in [0, 0.1) is 5.92 Å². The van der Waals surface area contributed by atoms with E-state index in [4.69, 9.17) is 5.73 Å². The van der Waals surface area contributed by atoms with Gasteiger partial charge in [-0.2, -0.15) is 0 Å². The first-order valence-corrected chi connectivity index (χ1v) is 7.76. The highest BCUT2D eigenvalue weighted by molar-refractivity contribution is 5.78. The van der Waals surface area contributed by atoms with Crippen LogP contribution in [0.4, 0.5) is 0 Å². The first-order chi connectivity index (χ1) is 9.69. The van der Waals surface area contributed by atoms with E-state index in [0.717, 1.165) is 11.1 Å². The maximum atomic E-state index is 12.1. The van der Waals surface area contributed by atoms with E-state index in [9.17, 15) is 4.79 Å². The summed E-state index contributed by atoms with van der Waals surface area (Å²) < 4.78 is 0. The third kappa shape index (κ3) is 4.34. The van der Waals surface area contributed by atoms with Gasteiger partial charge in [-0.15, -0.1) is 0 Å². The summed E-state index contributed by atoms with van der Waals surface area (Å²) in [5.74, 6) is 0.788. The molecular formula is C17H26N2O. The Morgan fingerprint density at radius 3 is 2.40 bits per heavy atom. The van der Waals surface area contributed by atoms with Gasteiger partial charge in [0.05, 0.1) is 6.42 Å². The largest absolute Gasteiger partial charge is 0.353 e. The molecule has 1 unspecified atom stereocenters. The second-order valence-electron chi connectivity index (χ2n) is 5.95. The Morgan fingerprint density at radius 1 is 1.20 bits per heavy atom. The van der Waals surface area contributed by atoms with Crippen LogP contribution in [0.1, 0.15) is 50.2 Å². The van der Waals surface area contributed by atoms with Crippen molar-refractivity contribution < 1.29 is 4.79 Å². The molecule has 0 aromatic heterocycles. The van der Waals surface area contributed by atoms with E-state index in [-0.39, 0.29) is 5.91 Å². The molecule has 0 radical (unpaired) electrons. The molecule has 0 bridgehead atoms. The van der Waals surface area contributed by atoms with Crippen molar-refractivity contribution >= 4 is 5.91 Å². The molecule has 1 aromatic carbocycles. The Hall–Kier alpha value is -1.35. The van der Waals surface area contributed by atoms with Crippen molar-refractivity contribution in [3.05, 3.63) is 35.4 Å². The second-order valence-corrected chi connectivity index (χ2v) is 5.95. The van der Waals surface area contributed by atoms with Gasteiger partial charge in [-0.3, -0.25) is 4.79 Å². The lowest BCUT2D eigenvalue weighted by Crippen LogP contribution is -2.39. The van der Waals surface area contributed by atoms with Crippen LogP contribution >= 0.6 is 0 Å². The topological polar surface area (TPSA) is 55.1 Å². The van der Waals surface area contributed by atoms with Crippen LogP contribution in [0.25, 0.3) is 0 Å². The smallest absolute Gasteiger partial charge is 0.224 e. The average Bonchev–Trinajstić information content (AvgIpc) is 2.49. The van der Waals surface area contributed by atoms with E-state index < -0.39 is 0 Å². The molecule has 3 heteroatoms. The maximum absolute atomic E-state index is 12.1. The molecular weight excluding hydrogens is 248 g/mol. The molecule has 2 rings (SSSR count). The number of hydrogen-bond acceptors (Lipinski definition) is 2. The van der Waals surface area contributed by atoms with Gasteiger partial charge >= 0.3 is 0 Å². The highest BCUT2D eigenvalue weighted by atomic mass is 16.1. The van der Waals surface area contributed by atoms with Crippen molar-refractivity contribution in [2.45, 2.75) is 58.0 Å². The summed E-state index contributed by atoms with van der Waals surface area (Å²) >= 11 is 0. The molecule has 1 amide bonds. The van der Waals surface area contributed by atoms with Gasteiger partial charge in [0.25, 0.3) is 0 Å². The van der Waals surface area contributed by atoms with Gasteiger partial charge in [0.15, 0.2) is 0 Å². The molecule has 1 atom stereocenters. The van der Waals surface area contributed by atoms with Crippen LogP contribution in [0.5, 0.6) is 0 Å². The second kappa shape index (κ2) is 7.44. The van der Waals surface area contributed by atoms with Gasteiger partial charge in [-0.05, 0) is 36.8 Å². The van der Waals surface area contributed by atoms with Gasteiger partial charge in [0, 0.05) is 12.6 Å². The van der Waals surface area contributed by atoms with Crippen molar-refractivity contribution in [2.24, 2.45) is 11.7 Å². The van der Waals surface area contributed by atoms with Crippen LogP contribution in [-0.2, 0) is 17.8 Å². The molecule has 110 valence electrons. The zero-order valence-electron chi connectivity index (χ0n) is 12.4. The number of nitrogens with one attached hydrogen (secondary N) is 1. The lowest BCUT2D eigenvalue weighted by Gasteiger charge is -2.28. The summed E-state index contributed by atoms with van der Waals surface area (Å²) in [4.78, 5) is 12.1. The fourth-order valence-corrected chi connectivity index (χ4v) is 3.04. The van der Waals surface area contributed by atoms with Gasteiger partial charge in [-0.1, -0.05) is 43.5 Å². The van der Waals surface area contributed by atoms with Crippen molar-refractivity contribution in [2.75, 3.05) is 0 Å². The highest BCUT2D eigenvalue weighted by Gasteiger charge is 2.21. The van der Waals surface area contributed by atoms with Crippen molar-refractivity contribution in [3.8, 4) is 0 Å². The highest BCUT2D eigenvalue weighted by Crippen LogP contribution is 2.26. The predicted octanol–water partition coefficient (Wildman–Crippen LogP) is 2.77. The molecule has 0 saturated heterocycles. The van der Waals surface area contributed by atoms with Crippen LogP contribution in [0.3, 0.4) is 0 Å². The number of carbonyl (C=O) groups excluding carboxylic acids is 1. The number of carbonyl (C=O) groups is 1. The Kier molecular flexibility index (Phi) is 5.60. The third-order valence-electron chi connectivity index (χ3n) is 4.37. The molecule has 0 aliphatic heterocycles. The van der Waals surface area contributed by atoms with Crippen molar-refractivity contribution in [1.82, 2.24) is 5.32 Å². The van der Waals surface area contributed by atoms with Gasteiger partial charge < -0.3 is 11.1 Å². The minimum Gasteiger partial charge on any atom is -0.353 e. The number of hydrogen-bond donors (Lipinski definition) is 2. The molecule has 0 heterocycles. The third-order valence-corrected chi connectivity index (χ3v) is 4.37. The van der Waals surface area contributed by atoms with Gasteiger partial charge in [0.1, 0.15) is 0 Å². The number of nitrogens with two attached hydrogens (primary N) is 1. The standard InChI is InChI=1S/C17H26N2O/c1-13(16-5-3-2-4-6-16)19-17(20)11-14-7-9-15(12-18)10-8-14/h7-10,13,16H,2-6,11-12,18H2,1H3,(H,19,20). The van der Waals surface area contributed by atoms with E-state index in [1.54, 1.807) is 0 Å². The Bertz CT molecular complexity index is 421. The minimum absolute atomic E-state index is 0.128. The van der Waals surface area contributed by atoms with Gasteiger partial charge in [0.2, 0.25) is 5.91 Å². The monoisotopic (exact) mass is 274 g/mol. The molecule has 1 aliphatic rings. The molecule has 1 aliphatic carbocycles. The molecule has 1 fully saturated rings. The van der Waals surface area contributed by atoms with Crippen molar-refractivity contribution in [1.29, 1.82) is 0 Å². The van der Waals surface area contributed by atoms with Crippen molar-refractivity contribution in [3.63, 3.8) is 0 Å². The Balaban J connectivity index is 1.81. The van der Waals surface area contributed by atoms with E-state index >= 15 is 0 Å². The summed E-state index contributed by atoms with van der Waals surface area (Å²) in [6, 6.07) is 8.27. The zero-order valence-corrected chi connectivity index (χ0v) is 12.4. The summed E-state index contributed by atoms with van der Waals surface area (Å²) in [7, 11) is 0. The molecule has 3 N–H and O–H groups in total. The Labute approximate surface area is 121 Å². The van der Waals surface area contributed by atoms with Crippen LogP contribution in [-0.4, -0.2) is 11.9 Å². The van der Waals surface area contributed by atoms with E-state index in [1.807, 2.05) is 24.3 Å². The molecule has 0 spiro atoms. The Morgan fingerprint density at radius 2 is 1.80 bits per heavy atom. The summed E-state index contributed by atoms with van der Waals surface area (Å²) in [6.45, 7) is 2.69. The molecule has 1 aromatic rings. The van der Waals surface area contributed by atoms with E-state index in [0.29, 0.717) is 24.9 Å². The minimum atomic E-state index is 0.128. The first-order valence-electron chi connectivity index (χ1n) is 7.76. The average molecular weight is 274 g/mol. The first kappa shape index (κ1) is 15.0. The summed E-state index contributed by atoms with van der Waals surface area (Å²) in [6.07, 6.45) is 6.95. The molecule has 3 nitrogen and oxygen atoms in total. The van der Waals surface area contributed by atoms with E-state index in [2.05, 4.69) is 12.2 Å². The normalized spacial score (nSPS) is 17.7. The zero-order chi connectivity index (χ0) is 14.4. The number of rotatable bonds is 5. The maximum Gasteiger partial charge on any atom is 0.224 e. The van der Waals surface area contributed by atoms with E-state index in [1.165, 1.54) is 32.1 Å². The lowest BCUT2D eigenvalue weighted by atomic mass is 9.84. The number of benzene rings is 1. The summed E-state index contributed by atoms with van der Waals surface area (Å²) in [5.41, 5.74) is 7.72. The molecule has 1 saturated carbocycles. The van der Waals surface area contributed by atoms with Crippen LogP contribution < -0.4 is 11.1 Å². The SMILES string of the molecule is CC(NC(=O)Cc1ccc(CN)cc1)C1CCCCC1. The van der Waals surface area contributed by atoms with Crippen LogP contribution in [0.15, 0.2) is 24.3 Å². The fourth-order valence-electron chi connectivity index (χ4n) is 3.04. The number of amides is 1. The lowest BCUT2D eigenvalue weighted by molar-refractivity contribution is -0.121. The predicted molar refractivity (Wildman–Crippen MR) is 82.2 cm³/mol. The molecule has 20 heavy (non-hydrogen) atoms. The quantitative estimate of drug-likeness (QED) is 0.867. The fraction of sp³-hybridized carbons (Fsp3) is 0.588.